The minimum Gasteiger partial charge on any atom is -0.492 e. The Hall–Kier alpha value is -4.08. The van der Waals surface area contributed by atoms with Crippen LogP contribution in [0.2, 0.25) is 0 Å². The zero-order valence-corrected chi connectivity index (χ0v) is 29.3. The smallest absolute Gasteiger partial charge is 0.255 e. The van der Waals surface area contributed by atoms with Crippen molar-refractivity contribution in [2.24, 2.45) is 11.8 Å². The molecule has 2 aliphatic rings. The molecule has 0 saturated heterocycles. The van der Waals surface area contributed by atoms with E-state index >= 15 is 0 Å². The molecule has 0 radical (unpaired) electrons. The van der Waals surface area contributed by atoms with E-state index in [1.165, 1.54) is 37.7 Å². The van der Waals surface area contributed by atoms with Crippen LogP contribution in [0.15, 0.2) is 48.5 Å². The lowest BCUT2D eigenvalue weighted by Crippen LogP contribution is -2.55. The SMILES string of the molecule is CC(C)C[C@@H]1COc2ccccc2C(=O)N[C@H](C(=O)NCCOc2ccc(C3CCCCC3)cc2)CC(=O)N[C@@H](CC(C)C)C(=O)N1C. The second kappa shape index (κ2) is 17.9. The molecule has 0 aromatic heterocycles. The molecular weight excluding hydrogens is 608 g/mol. The fourth-order valence-corrected chi connectivity index (χ4v) is 6.59. The van der Waals surface area contributed by atoms with Crippen molar-refractivity contribution in [3.63, 3.8) is 0 Å². The van der Waals surface area contributed by atoms with Crippen LogP contribution in [0.3, 0.4) is 0 Å². The third kappa shape index (κ3) is 10.7. The second-order valence-corrected chi connectivity index (χ2v) is 14.1. The van der Waals surface area contributed by atoms with Crippen LogP contribution in [0, 0.1) is 11.8 Å². The van der Waals surface area contributed by atoms with Gasteiger partial charge in [0.2, 0.25) is 17.7 Å². The minimum atomic E-state index is -1.19. The van der Waals surface area contributed by atoms with Crippen LogP contribution >= 0.6 is 0 Å². The van der Waals surface area contributed by atoms with Crippen LogP contribution in [0.5, 0.6) is 11.5 Å². The van der Waals surface area contributed by atoms with E-state index in [1.54, 1.807) is 36.2 Å². The van der Waals surface area contributed by atoms with Crippen LogP contribution < -0.4 is 25.4 Å². The van der Waals surface area contributed by atoms with E-state index in [9.17, 15) is 19.2 Å². The minimum absolute atomic E-state index is 0.125. The van der Waals surface area contributed by atoms with Crippen molar-refractivity contribution in [1.82, 2.24) is 20.9 Å². The molecule has 0 unspecified atom stereocenters. The van der Waals surface area contributed by atoms with E-state index in [-0.39, 0.29) is 55.5 Å². The number of hydrogen-bond acceptors (Lipinski definition) is 6. The first kappa shape index (κ1) is 36.8. The van der Waals surface area contributed by atoms with Crippen molar-refractivity contribution in [3.05, 3.63) is 59.7 Å². The summed E-state index contributed by atoms with van der Waals surface area (Å²) in [5.74, 6) is 0.291. The normalized spacial score (nSPS) is 21.5. The summed E-state index contributed by atoms with van der Waals surface area (Å²) in [6.45, 7) is 8.68. The van der Waals surface area contributed by atoms with Gasteiger partial charge in [-0.25, -0.2) is 0 Å². The fraction of sp³-hybridized carbons (Fsp3) is 0.579. The van der Waals surface area contributed by atoms with Crippen LogP contribution in [0.25, 0.3) is 0 Å². The molecule has 1 saturated carbocycles. The Labute approximate surface area is 285 Å². The van der Waals surface area contributed by atoms with Crippen LogP contribution in [-0.2, 0) is 14.4 Å². The maximum Gasteiger partial charge on any atom is 0.255 e. The molecule has 48 heavy (non-hydrogen) atoms. The molecule has 10 heteroatoms. The predicted molar refractivity (Wildman–Crippen MR) is 186 cm³/mol. The highest BCUT2D eigenvalue weighted by molar-refractivity contribution is 6.01. The molecule has 0 bridgehead atoms. The number of ether oxygens (including phenoxy) is 2. The van der Waals surface area contributed by atoms with Crippen LogP contribution in [0.4, 0.5) is 0 Å². The number of carbonyl (C=O) groups excluding carboxylic acids is 4. The fourth-order valence-electron chi connectivity index (χ4n) is 6.59. The molecule has 1 aliphatic heterocycles. The quantitative estimate of drug-likeness (QED) is 0.300. The number of nitrogens with one attached hydrogen (secondary N) is 3. The van der Waals surface area contributed by atoms with E-state index in [1.807, 2.05) is 26.0 Å². The molecule has 3 atom stereocenters. The van der Waals surface area contributed by atoms with Crippen molar-refractivity contribution >= 4 is 23.6 Å². The molecule has 2 aromatic rings. The van der Waals surface area contributed by atoms with E-state index in [4.69, 9.17) is 9.47 Å². The van der Waals surface area contributed by atoms with Gasteiger partial charge in [-0.05, 0) is 73.3 Å². The number of fused-ring (bicyclic) bond motifs is 1. The number of hydrogen-bond donors (Lipinski definition) is 3. The van der Waals surface area contributed by atoms with Crippen molar-refractivity contribution in [3.8, 4) is 11.5 Å². The largest absolute Gasteiger partial charge is 0.492 e. The summed E-state index contributed by atoms with van der Waals surface area (Å²) >= 11 is 0. The summed E-state index contributed by atoms with van der Waals surface area (Å²) < 4.78 is 12.0. The monoisotopic (exact) mass is 662 g/mol. The highest BCUT2D eigenvalue weighted by Crippen LogP contribution is 2.33. The third-order valence-corrected chi connectivity index (χ3v) is 9.18. The third-order valence-electron chi connectivity index (χ3n) is 9.18. The molecule has 3 N–H and O–H groups in total. The standard InChI is InChI=1S/C38H54N4O6/c1-25(2)21-29-24-48-34-14-10-9-13-31(34)36(44)41-32(23-35(43)40-33(22-26(3)4)38(46)42(29)5)37(45)39-19-20-47-30-17-15-28(16-18-30)27-11-7-6-8-12-27/h9-10,13-18,25-27,29,32-33H,6-8,11-12,19-24H2,1-5H3,(H,39,45)(H,40,43)(H,41,44)/t29-,32+,33+/m1/s1. The summed E-state index contributed by atoms with van der Waals surface area (Å²) in [5.41, 5.74) is 1.58. The molecule has 10 nitrogen and oxygen atoms in total. The van der Waals surface area contributed by atoms with Crippen LogP contribution in [0.1, 0.15) is 101 Å². The molecule has 0 spiro atoms. The Balaban J connectivity index is 1.46. The van der Waals surface area contributed by atoms with E-state index < -0.39 is 29.8 Å². The van der Waals surface area contributed by atoms with E-state index in [2.05, 4.69) is 41.9 Å². The van der Waals surface area contributed by atoms with Gasteiger partial charge in [0.05, 0.1) is 24.6 Å². The zero-order chi connectivity index (χ0) is 34.6. The van der Waals surface area contributed by atoms with Gasteiger partial charge in [0.1, 0.15) is 36.8 Å². The molecular formula is C38H54N4O6. The Morgan fingerprint density at radius 1 is 0.938 bits per heavy atom. The molecule has 4 amide bonds. The van der Waals surface area contributed by atoms with Gasteiger partial charge < -0.3 is 30.3 Å². The van der Waals surface area contributed by atoms with Gasteiger partial charge in [-0.3, -0.25) is 19.2 Å². The lowest BCUT2D eigenvalue weighted by molar-refractivity contribution is -0.138. The predicted octanol–water partition coefficient (Wildman–Crippen LogP) is 5.21. The summed E-state index contributed by atoms with van der Waals surface area (Å²) in [6, 6.07) is 12.7. The summed E-state index contributed by atoms with van der Waals surface area (Å²) in [6.07, 6.45) is 7.08. The number of para-hydroxylation sites is 1. The van der Waals surface area contributed by atoms with E-state index in [0.29, 0.717) is 30.3 Å². The zero-order valence-electron chi connectivity index (χ0n) is 29.3. The maximum absolute atomic E-state index is 13.8. The average Bonchev–Trinajstić information content (AvgIpc) is 3.07. The lowest BCUT2D eigenvalue weighted by Gasteiger charge is -2.33. The summed E-state index contributed by atoms with van der Waals surface area (Å²) in [5, 5.41) is 8.41. The molecule has 1 aliphatic carbocycles. The first-order valence-corrected chi connectivity index (χ1v) is 17.6. The second-order valence-electron chi connectivity index (χ2n) is 14.1. The Morgan fingerprint density at radius 2 is 1.62 bits per heavy atom. The number of carbonyl (C=O) groups is 4. The number of nitrogens with zero attached hydrogens (tertiary/aromatic N) is 1. The van der Waals surface area contributed by atoms with Gasteiger partial charge in [-0.1, -0.05) is 71.2 Å². The first-order valence-electron chi connectivity index (χ1n) is 17.6. The number of benzene rings is 2. The topological polar surface area (TPSA) is 126 Å². The Bertz CT molecular complexity index is 1370. The van der Waals surface area contributed by atoms with Crippen molar-refractivity contribution in [2.75, 3.05) is 26.8 Å². The van der Waals surface area contributed by atoms with Gasteiger partial charge in [0, 0.05) is 7.05 Å². The maximum atomic E-state index is 13.8. The van der Waals surface area contributed by atoms with Crippen molar-refractivity contribution < 1.29 is 28.7 Å². The van der Waals surface area contributed by atoms with Gasteiger partial charge >= 0.3 is 0 Å². The van der Waals surface area contributed by atoms with Gasteiger partial charge in [-0.2, -0.15) is 0 Å². The molecule has 4 rings (SSSR count). The summed E-state index contributed by atoms with van der Waals surface area (Å²) in [4.78, 5) is 55.8. The lowest BCUT2D eigenvalue weighted by atomic mass is 9.84. The van der Waals surface area contributed by atoms with E-state index in [0.717, 1.165) is 0 Å². The van der Waals surface area contributed by atoms with Crippen molar-refractivity contribution in [1.29, 1.82) is 0 Å². The number of amides is 4. The molecule has 262 valence electrons. The van der Waals surface area contributed by atoms with Gasteiger partial charge in [-0.15, -0.1) is 0 Å². The molecule has 1 heterocycles. The molecule has 2 aromatic carbocycles. The average molecular weight is 663 g/mol. The molecule has 1 fully saturated rings. The number of rotatable bonds is 10. The van der Waals surface area contributed by atoms with Gasteiger partial charge in [0.15, 0.2) is 0 Å². The first-order chi connectivity index (χ1) is 23.0. The highest BCUT2D eigenvalue weighted by Gasteiger charge is 2.33. The Kier molecular flexibility index (Phi) is 13.7. The Morgan fingerprint density at radius 3 is 2.31 bits per heavy atom. The number of likely N-dealkylation sites (N-methyl/N-ethyl adjacent to an activating group) is 1. The van der Waals surface area contributed by atoms with Crippen LogP contribution in [-0.4, -0.2) is 73.5 Å². The van der Waals surface area contributed by atoms with Gasteiger partial charge in [0.25, 0.3) is 5.91 Å². The highest BCUT2D eigenvalue weighted by atomic mass is 16.5. The summed E-state index contributed by atoms with van der Waals surface area (Å²) in [7, 11) is 1.73. The van der Waals surface area contributed by atoms with Crippen molar-refractivity contribution in [2.45, 2.75) is 103 Å².